The molecule has 1 saturated heterocycles. The zero-order chi connectivity index (χ0) is 14.7. The van der Waals surface area contributed by atoms with Gasteiger partial charge in [0.2, 0.25) is 11.8 Å². The lowest BCUT2D eigenvalue weighted by atomic mass is 9.98. The van der Waals surface area contributed by atoms with Gasteiger partial charge in [0, 0.05) is 30.2 Å². The van der Waals surface area contributed by atoms with Crippen LogP contribution in [0.2, 0.25) is 0 Å². The molecule has 1 aromatic heterocycles. The van der Waals surface area contributed by atoms with Crippen molar-refractivity contribution in [2.45, 2.75) is 19.3 Å². The Morgan fingerprint density at radius 3 is 3.05 bits per heavy atom. The van der Waals surface area contributed by atoms with Crippen LogP contribution in [0.15, 0.2) is 30.5 Å². The maximum absolute atomic E-state index is 12.0. The first-order valence-electron chi connectivity index (χ1n) is 7.36. The van der Waals surface area contributed by atoms with Crippen LogP contribution in [-0.2, 0) is 16.0 Å². The average molecular weight is 285 g/mol. The summed E-state index contributed by atoms with van der Waals surface area (Å²) in [6, 6.07) is 8.10. The highest BCUT2D eigenvalue weighted by atomic mass is 16.2. The smallest absolute Gasteiger partial charge is 0.232 e. The Bertz CT molecular complexity index is 662. The van der Waals surface area contributed by atoms with E-state index in [1.807, 2.05) is 24.4 Å². The molecule has 5 heteroatoms. The van der Waals surface area contributed by atoms with Crippen LogP contribution in [0.25, 0.3) is 10.9 Å². The van der Waals surface area contributed by atoms with E-state index in [1.54, 1.807) is 0 Å². The largest absolute Gasteiger partial charge is 0.361 e. The van der Waals surface area contributed by atoms with Crippen LogP contribution in [0.3, 0.4) is 0 Å². The fraction of sp³-hybridized carbons (Fsp3) is 0.375. The summed E-state index contributed by atoms with van der Waals surface area (Å²) in [5, 5.41) is 6.79. The highest BCUT2D eigenvalue weighted by Crippen LogP contribution is 2.18. The Kier molecular flexibility index (Phi) is 3.90. The van der Waals surface area contributed by atoms with Gasteiger partial charge in [0.25, 0.3) is 0 Å². The maximum Gasteiger partial charge on any atom is 0.232 e. The first-order chi connectivity index (χ1) is 10.3. The second-order valence-corrected chi connectivity index (χ2v) is 5.39. The first-order valence-corrected chi connectivity index (χ1v) is 7.36. The van der Waals surface area contributed by atoms with Crippen molar-refractivity contribution in [2.75, 3.05) is 13.1 Å². The Balaban J connectivity index is 1.56. The summed E-state index contributed by atoms with van der Waals surface area (Å²) in [5.74, 6) is -0.834. The van der Waals surface area contributed by atoms with Crippen molar-refractivity contribution in [2.24, 2.45) is 5.92 Å². The summed E-state index contributed by atoms with van der Waals surface area (Å²) >= 11 is 0. The SMILES string of the molecule is O=C1NCCC[C@H]1C(=O)NCCc1c[nH]c2ccccc12. The number of fused-ring (bicyclic) bond motifs is 1. The van der Waals surface area contributed by atoms with Gasteiger partial charge in [-0.25, -0.2) is 0 Å². The fourth-order valence-corrected chi connectivity index (χ4v) is 2.80. The van der Waals surface area contributed by atoms with Gasteiger partial charge in [-0.3, -0.25) is 9.59 Å². The van der Waals surface area contributed by atoms with Crippen molar-refractivity contribution in [3.05, 3.63) is 36.0 Å². The fourth-order valence-electron chi connectivity index (χ4n) is 2.80. The maximum atomic E-state index is 12.0. The van der Waals surface area contributed by atoms with Crippen molar-refractivity contribution in [1.82, 2.24) is 15.6 Å². The number of rotatable bonds is 4. The lowest BCUT2D eigenvalue weighted by Crippen LogP contribution is -2.45. The molecular weight excluding hydrogens is 266 g/mol. The molecule has 2 aromatic rings. The lowest BCUT2D eigenvalue weighted by Gasteiger charge is -2.20. The molecule has 0 aliphatic carbocycles. The Hall–Kier alpha value is -2.30. The van der Waals surface area contributed by atoms with Gasteiger partial charge in [0.1, 0.15) is 5.92 Å². The number of hydrogen-bond acceptors (Lipinski definition) is 2. The molecule has 0 radical (unpaired) electrons. The van der Waals surface area contributed by atoms with Crippen LogP contribution < -0.4 is 10.6 Å². The van der Waals surface area contributed by atoms with E-state index in [4.69, 9.17) is 0 Å². The van der Waals surface area contributed by atoms with E-state index in [0.29, 0.717) is 19.5 Å². The normalized spacial score (nSPS) is 18.5. The highest BCUT2D eigenvalue weighted by Gasteiger charge is 2.28. The number of carbonyl (C=O) groups is 2. The van der Waals surface area contributed by atoms with E-state index in [0.717, 1.165) is 18.4 Å². The minimum Gasteiger partial charge on any atom is -0.361 e. The van der Waals surface area contributed by atoms with Crippen LogP contribution >= 0.6 is 0 Å². The third-order valence-corrected chi connectivity index (χ3v) is 3.97. The molecular formula is C16H19N3O2. The number of amides is 2. The summed E-state index contributed by atoms with van der Waals surface area (Å²) in [5.41, 5.74) is 2.28. The Labute approximate surface area is 123 Å². The number of carbonyl (C=O) groups excluding carboxylic acids is 2. The molecule has 0 saturated carbocycles. The van der Waals surface area contributed by atoms with Gasteiger partial charge >= 0.3 is 0 Å². The molecule has 21 heavy (non-hydrogen) atoms. The number of hydrogen-bond donors (Lipinski definition) is 3. The molecule has 3 N–H and O–H groups in total. The van der Waals surface area contributed by atoms with E-state index in [9.17, 15) is 9.59 Å². The summed E-state index contributed by atoms with van der Waals surface area (Å²) in [4.78, 5) is 26.9. The van der Waals surface area contributed by atoms with E-state index in [1.165, 1.54) is 10.9 Å². The average Bonchev–Trinajstić information content (AvgIpc) is 2.91. The molecule has 5 nitrogen and oxygen atoms in total. The van der Waals surface area contributed by atoms with Crippen LogP contribution in [0.1, 0.15) is 18.4 Å². The van der Waals surface area contributed by atoms with E-state index in [2.05, 4.69) is 21.7 Å². The van der Waals surface area contributed by atoms with Crippen molar-refractivity contribution in [3.8, 4) is 0 Å². The molecule has 0 spiro atoms. The molecule has 110 valence electrons. The summed E-state index contributed by atoms with van der Waals surface area (Å²) in [6.07, 6.45) is 4.24. The van der Waals surface area contributed by atoms with Crippen LogP contribution in [0.4, 0.5) is 0 Å². The van der Waals surface area contributed by atoms with Crippen molar-refractivity contribution in [1.29, 1.82) is 0 Å². The molecule has 1 fully saturated rings. The monoisotopic (exact) mass is 285 g/mol. The van der Waals surface area contributed by atoms with Gasteiger partial charge in [-0.05, 0) is 30.9 Å². The number of aromatic nitrogens is 1. The number of H-pyrrole nitrogens is 1. The summed E-state index contributed by atoms with van der Waals surface area (Å²) in [6.45, 7) is 1.22. The third kappa shape index (κ3) is 2.91. The van der Waals surface area contributed by atoms with Crippen molar-refractivity contribution in [3.63, 3.8) is 0 Å². The molecule has 1 aliphatic heterocycles. The van der Waals surface area contributed by atoms with Gasteiger partial charge in [0.05, 0.1) is 0 Å². The summed E-state index contributed by atoms with van der Waals surface area (Å²) in [7, 11) is 0. The Morgan fingerprint density at radius 1 is 1.33 bits per heavy atom. The minimum absolute atomic E-state index is 0.147. The van der Waals surface area contributed by atoms with Gasteiger partial charge in [0.15, 0.2) is 0 Å². The standard InChI is InChI=1S/C16H19N3O2/c20-15-13(5-3-8-17-15)16(21)18-9-7-11-10-19-14-6-2-1-4-12(11)14/h1-2,4,6,10,13,19H,3,5,7-9H2,(H,17,20)(H,18,21)/t13-/m1/s1. The number of para-hydroxylation sites is 1. The van der Waals surface area contributed by atoms with Gasteiger partial charge < -0.3 is 15.6 Å². The van der Waals surface area contributed by atoms with Crippen LogP contribution in [0, 0.1) is 5.92 Å². The molecule has 1 atom stereocenters. The quantitative estimate of drug-likeness (QED) is 0.742. The van der Waals surface area contributed by atoms with Crippen molar-refractivity contribution < 1.29 is 9.59 Å². The Morgan fingerprint density at radius 2 is 2.19 bits per heavy atom. The molecule has 2 amide bonds. The molecule has 0 unspecified atom stereocenters. The molecule has 2 heterocycles. The third-order valence-electron chi connectivity index (χ3n) is 3.97. The predicted molar refractivity (Wildman–Crippen MR) is 80.7 cm³/mol. The van der Waals surface area contributed by atoms with E-state index in [-0.39, 0.29) is 11.8 Å². The highest BCUT2D eigenvalue weighted by molar-refractivity contribution is 6.00. The minimum atomic E-state index is -0.526. The number of benzene rings is 1. The van der Waals surface area contributed by atoms with E-state index < -0.39 is 5.92 Å². The second-order valence-electron chi connectivity index (χ2n) is 5.39. The van der Waals surface area contributed by atoms with Gasteiger partial charge in [-0.15, -0.1) is 0 Å². The molecule has 1 aliphatic rings. The predicted octanol–water partition coefficient (Wildman–Crippen LogP) is 1.35. The first kappa shape index (κ1) is 13.7. The number of piperidine rings is 1. The van der Waals surface area contributed by atoms with Crippen molar-refractivity contribution >= 4 is 22.7 Å². The summed E-state index contributed by atoms with van der Waals surface area (Å²) < 4.78 is 0. The van der Waals surface area contributed by atoms with Crippen LogP contribution in [-0.4, -0.2) is 29.9 Å². The molecule has 1 aromatic carbocycles. The number of aromatic amines is 1. The topological polar surface area (TPSA) is 74.0 Å². The zero-order valence-electron chi connectivity index (χ0n) is 11.8. The van der Waals surface area contributed by atoms with Crippen LogP contribution in [0.5, 0.6) is 0 Å². The molecule has 3 rings (SSSR count). The molecule has 0 bridgehead atoms. The lowest BCUT2D eigenvalue weighted by molar-refractivity contribution is -0.136. The van der Waals surface area contributed by atoms with Gasteiger partial charge in [-0.2, -0.15) is 0 Å². The zero-order valence-corrected chi connectivity index (χ0v) is 11.8. The second kappa shape index (κ2) is 5.99. The van der Waals surface area contributed by atoms with E-state index >= 15 is 0 Å². The van der Waals surface area contributed by atoms with Gasteiger partial charge in [-0.1, -0.05) is 18.2 Å². The number of nitrogens with one attached hydrogen (secondary N) is 3.